The Kier molecular flexibility index (Phi) is 7.22. The van der Waals surface area contributed by atoms with Crippen LogP contribution in [-0.4, -0.2) is 31.0 Å². The summed E-state index contributed by atoms with van der Waals surface area (Å²) in [7, 11) is 1.65. The molecular weight excluding hydrogens is 395 g/mol. The topological polar surface area (TPSA) is 41.6 Å². The molecule has 1 fully saturated rings. The predicted octanol–water partition coefficient (Wildman–Crippen LogP) is 5.09. The van der Waals surface area contributed by atoms with Gasteiger partial charge < -0.3 is 10.1 Å². The summed E-state index contributed by atoms with van der Waals surface area (Å²) < 4.78 is 5.19. The van der Waals surface area contributed by atoms with Crippen LogP contribution in [0.3, 0.4) is 0 Å². The Balaban J connectivity index is 1.57. The minimum absolute atomic E-state index is 0.0134. The molecule has 1 aliphatic heterocycles. The number of methoxy groups -OCH3 is 1. The van der Waals surface area contributed by atoms with Gasteiger partial charge in [-0.05, 0) is 61.7 Å². The third kappa shape index (κ3) is 5.40. The number of likely N-dealkylation sites (tertiary alicyclic amines) is 1. The fraction of sp³-hybridized carbons (Fsp3) is 0.409. The second-order valence-corrected chi connectivity index (χ2v) is 8.16. The van der Waals surface area contributed by atoms with E-state index in [0.29, 0.717) is 10.0 Å². The second kappa shape index (κ2) is 9.64. The Morgan fingerprint density at radius 3 is 2.68 bits per heavy atom. The van der Waals surface area contributed by atoms with Gasteiger partial charge in [0.05, 0.1) is 19.1 Å². The molecule has 3 rings (SSSR count). The highest BCUT2D eigenvalue weighted by molar-refractivity contribution is 6.35. The van der Waals surface area contributed by atoms with Gasteiger partial charge in [0.2, 0.25) is 5.91 Å². The Hall–Kier alpha value is -1.75. The number of hydrogen-bond donors (Lipinski definition) is 1. The smallest absolute Gasteiger partial charge is 0.224 e. The van der Waals surface area contributed by atoms with Crippen molar-refractivity contribution in [2.75, 3.05) is 20.2 Å². The molecule has 4 nitrogen and oxygen atoms in total. The van der Waals surface area contributed by atoms with E-state index in [-0.39, 0.29) is 17.9 Å². The van der Waals surface area contributed by atoms with Crippen LogP contribution < -0.4 is 10.1 Å². The van der Waals surface area contributed by atoms with E-state index in [1.807, 2.05) is 43.3 Å². The third-order valence-corrected chi connectivity index (χ3v) is 5.85. The molecule has 1 amide bonds. The molecule has 0 bridgehead atoms. The highest BCUT2D eigenvalue weighted by Gasteiger charge is 2.27. The maximum atomic E-state index is 12.8. The fourth-order valence-corrected chi connectivity index (χ4v) is 4.08. The van der Waals surface area contributed by atoms with Gasteiger partial charge in [-0.1, -0.05) is 41.4 Å². The number of benzene rings is 2. The van der Waals surface area contributed by atoms with Crippen molar-refractivity contribution >= 4 is 29.1 Å². The normalized spacial score (nSPS) is 18.5. The number of nitrogens with zero attached hydrogens (tertiary/aromatic N) is 1. The number of amides is 1. The average Bonchev–Trinajstić information content (AvgIpc) is 2.70. The van der Waals surface area contributed by atoms with Crippen molar-refractivity contribution in [1.82, 2.24) is 10.2 Å². The molecule has 1 N–H and O–H groups in total. The maximum Gasteiger partial charge on any atom is 0.224 e. The minimum Gasteiger partial charge on any atom is -0.497 e. The molecule has 0 aromatic heterocycles. The van der Waals surface area contributed by atoms with Crippen LogP contribution in [0.15, 0.2) is 42.5 Å². The SMILES string of the molecule is COc1ccc([C@H](C)NC(=O)[C@H]2CCCN(Cc3ccc(Cl)cc3Cl)C2)cc1. The van der Waals surface area contributed by atoms with Crippen molar-refractivity contribution in [1.29, 1.82) is 0 Å². The number of nitrogens with one attached hydrogen (secondary N) is 1. The molecule has 6 heteroatoms. The highest BCUT2D eigenvalue weighted by atomic mass is 35.5. The van der Waals surface area contributed by atoms with E-state index in [0.717, 1.165) is 49.4 Å². The number of carbonyl (C=O) groups excluding carboxylic acids is 1. The van der Waals surface area contributed by atoms with Crippen molar-refractivity contribution in [3.63, 3.8) is 0 Å². The average molecular weight is 421 g/mol. The Morgan fingerprint density at radius 2 is 2.00 bits per heavy atom. The quantitative estimate of drug-likeness (QED) is 0.707. The van der Waals surface area contributed by atoms with Gasteiger partial charge in [0.1, 0.15) is 5.75 Å². The number of carbonyl (C=O) groups is 1. The van der Waals surface area contributed by atoms with Crippen molar-refractivity contribution in [2.24, 2.45) is 5.92 Å². The molecule has 1 saturated heterocycles. The molecule has 2 atom stereocenters. The first-order valence-corrected chi connectivity index (χ1v) is 10.3. The molecule has 0 spiro atoms. The van der Waals surface area contributed by atoms with Crippen molar-refractivity contribution < 1.29 is 9.53 Å². The number of hydrogen-bond acceptors (Lipinski definition) is 3. The van der Waals surface area contributed by atoms with Crippen LogP contribution in [0.5, 0.6) is 5.75 Å². The Labute approximate surface area is 176 Å². The molecule has 0 aliphatic carbocycles. The molecule has 0 radical (unpaired) electrons. The monoisotopic (exact) mass is 420 g/mol. The zero-order valence-corrected chi connectivity index (χ0v) is 17.8. The maximum absolute atomic E-state index is 12.8. The van der Waals surface area contributed by atoms with E-state index >= 15 is 0 Å². The second-order valence-electron chi connectivity index (χ2n) is 7.31. The van der Waals surface area contributed by atoms with E-state index in [1.54, 1.807) is 13.2 Å². The third-order valence-electron chi connectivity index (χ3n) is 5.26. The Bertz CT molecular complexity index is 811. The Morgan fingerprint density at radius 1 is 1.25 bits per heavy atom. The lowest BCUT2D eigenvalue weighted by atomic mass is 9.96. The standard InChI is InChI=1S/C22H26Cl2N2O2/c1-15(16-6-9-20(28-2)10-7-16)25-22(27)18-4-3-11-26(14-18)13-17-5-8-19(23)12-21(17)24/h5-10,12,15,18H,3-4,11,13-14H2,1-2H3,(H,25,27)/t15-,18-/m0/s1. The van der Waals surface area contributed by atoms with Crippen LogP contribution in [-0.2, 0) is 11.3 Å². The number of ether oxygens (including phenoxy) is 1. The summed E-state index contributed by atoms with van der Waals surface area (Å²) in [5.41, 5.74) is 2.11. The van der Waals surface area contributed by atoms with E-state index < -0.39 is 0 Å². The summed E-state index contributed by atoms with van der Waals surface area (Å²) in [6.07, 6.45) is 1.91. The molecular formula is C22H26Cl2N2O2. The van der Waals surface area contributed by atoms with Gasteiger partial charge in [0.25, 0.3) is 0 Å². The summed E-state index contributed by atoms with van der Waals surface area (Å²) in [4.78, 5) is 15.1. The fourth-order valence-electron chi connectivity index (χ4n) is 3.61. The molecule has 150 valence electrons. The van der Waals surface area contributed by atoms with Gasteiger partial charge in [0, 0.05) is 23.1 Å². The van der Waals surface area contributed by atoms with Gasteiger partial charge in [0.15, 0.2) is 0 Å². The van der Waals surface area contributed by atoms with E-state index in [2.05, 4.69) is 10.2 Å². The summed E-state index contributed by atoms with van der Waals surface area (Å²) in [5, 5.41) is 4.47. The molecule has 28 heavy (non-hydrogen) atoms. The lowest BCUT2D eigenvalue weighted by Gasteiger charge is -2.32. The lowest BCUT2D eigenvalue weighted by molar-refractivity contribution is -0.127. The predicted molar refractivity (Wildman–Crippen MR) is 114 cm³/mol. The van der Waals surface area contributed by atoms with Gasteiger partial charge >= 0.3 is 0 Å². The van der Waals surface area contributed by atoms with Gasteiger partial charge in [-0.2, -0.15) is 0 Å². The minimum atomic E-state index is -0.0421. The summed E-state index contributed by atoms with van der Waals surface area (Å²) in [6.45, 7) is 4.44. The zero-order valence-electron chi connectivity index (χ0n) is 16.3. The number of halogens is 2. The highest BCUT2D eigenvalue weighted by Crippen LogP contribution is 2.25. The first kappa shape index (κ1) is 21.0. The largest absolute Gasteiger partial charge is 0.497 e. The summed E-state index contributed by atoms with van der Waals surface area (Å²) in [5.74, 6) is 0.904. The van der Waals surface area contributed by atoms with Gasteiger partial charge in [-0.25, -0.2) is 0 Å². The van der Waals surface area contributed by atoms with Crippen LogP contribution in [0, 0.1) is 5.92 Å². The van der Waals surface area contributed by atoms with Gasteiger partial charge in [-0.3, -0.25) is 9.69 Å². The molecule has 2 aromatic carbocycles. The molecule has 2 aromatic rings. The van der Waals surface area contributed by atoms with Crippen LogP contribution in [0.2, 0.25) is 10.0 Å². The first-order chi connectivity index (χ1) is 13.5. The zero-order chi connectivity index (χ0) is 20.1. The van der Waals surface area contributed by atoms with E-state index in [9.17, 15) is 4.79 Å². The van der Waals surface area contributed by atoms with Crippen LogP contribution in [0.1, 0.15) is 36.9 Å². The lowest BCUT2D eigenvalue weighted by Crippen LogP contribution is -2.43. The molecule has 0 unspecified atom stereocenters. The molecule has 1 heterocycles. The van der Waals surface area contributed by atoms with Crippen LogP contribution in [0.4, 0.5) is 0 Å². The van der Waals surface area contributed by atoms with Crippen molar-refractivity contribution in [3.8, 4) is 5.75 Å². The van der Waals surface area contributed by atoms with Crippen LogP contribution >= 0.6 is 23.2 Å². The van der Waals surface area contributed by atoms with Crippen molar-refractivity contribution in [2.45, 2.75) is 32.4 Å². The van der Waals surface area contributed by atoms with Crippen LogP contribution in [0.25, 0.3) is 0 Å². The number of rotatable bonds is 6. The number of piperidine rings is 1. The van der Waals surface area contributed by atoms with E-state index in [1.165, 1.54) is 0 Å². The summed E-state index contributed by atoms with van der Waals surface area (Å²) >= 11 is 12.3. The molecule has 1 aliphatic rings. The van der Waals surface area contributed by atoms with Gasteiger partial charge in [-0.15, -0.1) is 0 Å². The van der Waals surface area contributed by atoms with E-state index in [4.69, 9.17) is 27.9 Å². The molecule has 0 saturated carbocycles. The van der Waals surface area contributed by atoms with Crippen molar-refractivity contribution in [3.05, 3.63) is 63.6 Å². The summed E-state index contributed by atoms with van der Waals surface area (Å²) in [6, 6.07) is 13.3. The first-order valence-electron chi connectivity index (χ1n) is 9.57.